The standard InChI is InChI=1S/C19H21ClFN3O3/c1-3-22-18(25)12-27-14-9-7-13(8-10-14)23-19(26)24(2)11-15-16(20)5-4-6-17(15)21/h4-10H,3,11-12H2,1-2H3,(H,22,25)(H,23,26). The molecule has 2 aromatic carbocycles. The van der Waals surface area contributed by atoms with Gasteiger partial charge in [0.2, 0.25) is 0 Å². The normalized spacial score (nSPS) is 10.2. The Morgan fingerprint density at radius 3 is 2.52 bits per heavy atom. The van der Waals surface area contributed by atoms with Gasteiger partial charge in [0.25, 0.3) is 5.91 Å². The predicted molar refractivity (Wildman–Crippen MR) is 103 cm³/mol. The number of carbonyl (C=O) groups is 2. The van der Waals surface area contributed by atoms with Crippen molar-refractivity contribution in [1.82, 2.24) is 10.2 Å². The van der Waals surface area contributed by atoms with Crippen molar-refractivity contribution in [3.05, 3.63) is 58.9 Å². The van der Waals surface area contributed by atoms with Crippen molar-refractivity contribution >= 4 is 29.2 Å². The van der Waals surface area contributed by atoms with Crippen LogP contribution in [-0.4, -0.2) is 37.0 Å². The summed E-state index contributed by atoms with van der Waals surface area (Å²) >= 11 is 5.99. The van der Waals surface area contributed by atoms with Gasteiger partial charge < -0.3 is 20.3 Å². The first-order valence-corrected chi connectivity index (χ1v) is 8.73. The van der Waals surface area contributed by atoms with Gasteiger partial charge in [-0.3, -0.25) is 4.79 Å². The number of urea groups is 1. The minimum atomic E-state index is -0.462. The largest absolute Gasteiger partial charge is 0.484 e. The number of benzene rings is 2. The zero-order chi connectivity index (χ0) is 19.8. The highest BCUT2D eigenvalue weighted by Gasteiger charge is 2.14. The summed E-state index contributed by atoms with van der Waals surface area (Å²) in [6.45, 7) is 2.32. The summed E-state index contributed by atoms with van der Waals surface area (Å²) in [5, 5.41) is 5.60. The second-order valence-electron chi connectivity index (χ2n) is 5.75. The highest BCUT2D eigenvalue weighted by molar-refractivity contribution is 6.31. The summed E-state index contributed by atoms with van der Waals surface area (Å²) in [7, 11) is 1.54. The number of nitrogens with zero attached hydrogens (tertiary/aromatic N) is 1. The van der Waals surface area contributed by atoms with Crippen molar-refractivity contribution in [3.63, 3.8) is 0 Å². The minimum absolute atomic E-state index is 0.0328. The number of halogens is 2. The fourth-order valence-corrected chi connectivity index (χ4v) is 2.47. The van der Waals surface area contributed by atoms with Crippen LogP contribution in [0.5, 0.6) is 5.75 Å². The number of anilines is 1. The van der Waals surface area contributed by atoms with E-state index in [1.54, 1.807) is 37.4 Å². The summed E-state index contributed by atoms with van der Waals surface area (Å²) in [5.41, 5.74) is 0.794. The van der Waals surface area contributed by atoms with Gasteiger partial charge in [0.1, 0.15) is 11.6 Å². The Balaban J connectivity index is 1.90. The number of hydrogen-bond acceptors (Lipinski definition) is 3. The number of nitrogens with one attached hydrogen (secondary N) is 2. The van der Waals surface area contributed by atoms with E-state index in [1.807, 2.05) is 6.92 Å². The molecule has 2 rings (SSSR count). The van der Waals surface area contributed by atoms with Gasteiger partial charge in [0.05, 0.1) is 6.54 Å². The molecule has 0 radical (unpaired) electrons. The molecule has 0 heterocycles. The van der Waals surface area contributed by atoms with Gasteiger partial charge in [-0.05, 0) is 43.3 Å². The number of amides is 3. The molecule has 0 unspecified atom stereocenters. The molecule has 8 heteroatoms. The van der Waals surface area contributed by atoms with Gasteiger partial charge in [-0.25, -0.2) is 9.18 Å². The van der Waals surface area contributed by atoms with E-state index in [0.717, 1.165) is 0 Å². The molecule has 0 aromatic heterocycles. The molecule has 0 aliphatic heterocycles. The molecule has 0 bridgehead atoms. The highest BCUT2D eigenvalue weighted by Crippen LogP contribution is 2.21. The first-order valence-electron chi connectivity index (χ1n) is 8.35. The maximum absolute atomic E-state index is 13.8. The maximum atomic E-state index is 13.8. The SMILES string of the molecule is CCNC(=O)COc1ccc(NC(=O)N(C)Cc2c(F)cccc2Cl)cc1. The molecule has 2 N–H and O–H groups in total. The third-order valence-electron chi connectivity index (χ3n) is 3.65. The Kier molecular flexibility index (Phi) is 7.43. The van der Waals surface area contributed by atoms with E-state index in [9.17, 15) is 14.0 Å². The number of carbonyl (C=O) groups excluding carboxylic acids is 2. The van der Waals surface area contributed by atoms with Gasteiger partial charge in [-0.1, -0.05) is 17.7 Å². The van der Waals surface area contributed by atoms with Crippen LogP contribution in [0.1, 0.15) is 12.5 Å². The van der Waals surface area contributed by atoms with E-state index in [4.69, 9.17) is 16.3 Å². The van der Waals surface area contributed by atoms with Crippen LogP contribution in [0.2, 0.25) is 5.02 Å². The van der Waals surface area contributed by atoms with Gasteiger partial charge >= 0.3 is 6.03 Å². The van der Waals surface area contributed by atoms with E-state index in [-0.39, 0.29) is 29.6 Å². The van der Waals surface area contributed by atoms with E-state index >= 15 is 0 Å². The van der Waals surface area contributed by atoms with Gasteiger partial charge in [0, 0.05) is 29.9 Å². The first-order chi connectivity index (χ1) is 12.9. The van der Waals surface area contributed by atoms with Crippen LogP contribution in [0.3, 0.4) is 0 Å². The molecule has 6 nitrogen and oxygen atoms in total. The molecule has 0 atom stereocenters. The van der Waals surface area contributed by atoms with Crippen LogP contribution < -0.4 is 15.4 Å². The second kappa shape index (κ2) is 9.78. The molecule has 2 aromatic rings. The average molecular weight is 394 g/mol. The van der Waals surface area contributed by atoms with Crippen LogP contribution in [0, 0.1) is 5.82 Å². The molecular formula is C19H21ClFN3O3. The molecule has 0 aliphatic carbocycles. The zero-order valence-electron chi connectivity index (χ0n) is 15.1. The first kappa shape index (κ1) is 20.5. The van der Waals surface area contributed by atoms with Crippen molar-refractivity contribution in [1.29, 1.82) is 0 Å². The van der Waals surface area contributed by atoms with Crippen LogP contribution in [-0.2, 0) is 11.3 Å². The summed E-state index contributed by atoms with van der Waals surface area (Å²) in [4.78, 5) is 25.0. The quantitative estimate of drug-likeness (QED) is 0.754. The van der Waals surface area contributed by atoms with E-state index in [1.165, 1.54) is 17.0 Å². The third kappa shape index (κ3) is 6.14. The van der Waals surface area contributed by atoms with Crippen LogP contribution in [0.15, 0.2) is 42.5 Å². The number of likely N-dealkylation sites (N-methyl/N-ethyl adjacent to an activating group) is 1. The van der Waals surface area contributed by atoms with Crippen molar-refractivity contribution < 1.29 is 18.7 Å². The molecule has 0 saturated carbocycles. The zero-order valence-corrected chi connectivity index (χ0v) is 15.8. The van der Waals surface area contributed by atoms with E-state index < -0.39 is 11.8 Å². The van der Waals surface area contributed by atoms with Crippen molar-refractivity contribution in [2.75, 3.05) is 25.5 Å². The molecule has 0 spiro atoms. The molecular weight excluding hydrogens is 373 g/mol. The molecule has 0 fully saturated rings. The Labute approximate surface area is 162 Å². The van der Waals surface area contributed by atoms with E-state index in [0.29, 0.717) is 18.0 Å². The number of rotatable bonds is 7. The van der Waals surface area contributed by atoms with Crippen molar-refractivity contribution in [2.45, 2.75) is 13.5 Å². The monoisotopic (exact) mass is 393 g/mol. The highest BCUT2D eigenvalue weighted by atomic mass is 35.5. The fraction of sp³-hybridized carbons (Fsp3) is 0.263. The lowest BCUT2D eigenvalue weighted by Crippen LogP contribution is -2.31. The van der Waals surface area contributed by atoms with E-state index in [2.05, 4.69) is 10.6 Å². The Morgan fingerprint density at radius 1 is 1.19 bits per heavy atom. The fourth-order valence-electron chi connectivity index (χ4n) is 2.24. The smallest absolute Gasteiger partial charge is 0.321 e. The van der Waals surface area contributed by atoms with Gasteiger partial charge in [-0.2, -0.15) is 0 Å². The summed E-state index contributed by atoms with van der Waals surface area (Å²) < 4.78 is 19.2. The molecule has 3 amide bonds. The Morgan fingerprint density at radius 2 is 1.89 bits per heavy atom. The third-order valence-corrected chi connectivity index (χ3v) is 4.01. The average Bonchev–Trinajstić information content (AvgIpc) is 2.64. The molecule has 144 valence electrons. The maximum Gasteiger partial charge on any atom is 0.321 e. The second-order valence-corrected chi connectivity index (χ2v) is 6.16. The Hall–Kier alpha value is -2.80. The van der Waals surface area contributed by atoms with Crippen LogP contribution >= 0.6 is 11.6 Å². The molecule has 0 aliphatic rings. The lowest BCUT2D eigenvalue weighted by Gasteiger charge is -2.19. The summed E-state index contributed by atoms with van der Waals surface area (Å²) in [6, 6.07) is 10.5. The van der Waals surface area contributed by atoms with Crippen LogP contribution in [0.25, 0.3) is 0 Å². The number of ether oxygens (including phenoxy) is 1. The number of hydrogen-bond donors (Lipinski definition) is 2. The lowest BCUT2D eigenvalue weighted by atomic mass is 10.2. The van der Waals surface area contributed by atoms with Gasteiger partial charge in [-0.15, -0.1) is 0 Å². The van der Waals surface area contributed by atoms with Gasteiger partial charge in [0.15, 0.2) is 6.61 Å². The molecule has 0 saturated heterocycles. The van der Waals surface area contributed by atoms with Crippen LogP contribution in [0.4, 0.5) is 14.9 Å². The Bertz CT molecular complexity index is 779. The lowest BCUT2D eigenvalue weighted by molar-refractivity contribution is -0.122. The summed E-state index contributed by atoms with van der Waals surface area (Å²) in [5.74, 6) is -0.162. The minimum Gasteiger partial charge on any atom is -0.484 e. The molecule has 27 heavy (non-hydrogen) atoms. The van der Waals surface area contributed by atoms with Crippen molar-refractivity contribution in [3.8, 4) is 5.75 Å². The summed E-state index contributed by atoms with van der Waals surface area (Å²) in [6.07, 6.45) is 0. The predicted octanol–water partition coefficient (Wildman–Crippen LogP) is 3.66. The van der Waals surface area contributed by atoms with Crippen molar-refractivity contribution in [2.24, 2.45) is 0 Å². The topological polar surface area (TPSA) is 70.7 Å².